The Morgan fingerprint density at radius 2 is 1.57 bits per heavy atom. The number of hydrogen-bond acceptors (Lipinski definition) is 3. The van der Waals surface area contributed by atoms with Crippen LogP contribution in [0.1, 0.15) is 60.9 Å². The lowest BCUT2D eigenvalue weighted by Crippen LogP contribution is -2.26. The highest BCUT2D eigenvalue weighted by atomic mass is 16.5. The van der Waals surface area contributed by atoms with Gasteiger partial charge in [-0.05, 0) is 60.2 Å². The van der Waals surface area contributed by atoms with Crippen LogP contribution in [0.25, 0.3) is 33.2 Å². The summed E-state index contributed by atoms with van der Waals surface area (Å²) in [5.41, 5.74) is 9.86. The monoisotopic (exact) mass is 486 g/mol. The Morgan fingerprint density at radius 3 is 2.27 bits per heavy atom. The molecule has 0 fully saturated rings. The molecule has 2 heterocycles. The van der Waals surface area contributed by atoms with Gasteiger partial charge in [-0.1, -0.05) is 86.6 Å². The molecule has 0 amide bonds. The predicted molar refractivity (Wildman–Crippen MR) is 156 cm³/mol. The van der Waals surface area contributed by atoms with E-state index in [0.29, 0.717) is 0 Å². The average molecular weight is 487 g/mol. The zero-order valence-corrected chi connectivity index (χ0v) is 22.0. The Labute approximate surface area is 219 Å². The van der Waals surface area contributed by atoms with Crippen molar-refractivity contribution in [2.45, 2.75) is 46.5 Å². The molecule has 2 aliphatic rings. The number of hydrogen-bond donors (Lipinski definition) is 1. The minimum atomic E-state index is 0.831. The zero-order chi connectivity index (χ0) is 25.4. The predicted octanol–water partition coefficient (Wildman–Crippen LogP) is 8.18. The van der Waals surface area contributed by atoms with E-state index in [1.54, 1.807) is 0 Å². The Bertz CT molecular complexity index is 1530. The van der Waals surface area contributed by atoms with Crippen LogP contribution in [-0.4, -0.2) is 18.9 Å². The molecule has 186 valence electrons. The second-order valence-corrected chi connectivity index (χ2v) is 10.0. The molecule has 1 N–H and O–H groups in total. The molecule has 4 aromatic carbocycles. The molecule has 4 aromatic rings. The van der Waals surface area contributed by atoms with Gasteiger partial charge in [0, 0.05) is 35.2 Å². The summed E-state index contributed by atoms with van der Waals surface area (Å²) in [5, 5.41) is 6.21. The summed E-state index contributed by atoms with van der Waals surface area (Å²) < 4.78 is 7.08. The highest BCUT2D eigenvalue weighted by Crippen LogP contribution is 2.50. The number of aryl methyl sites for hydroxylation is 2. The van der Waals surface area contributed by atoms with Gasteiger partial charge in [0.25, 0.3) is 0 Å². The number of ether oxygens (including phenoxy) is 1. The lowest BCUT2D eigenvalue weighted by Gasteiger charge is -2.30. The molecule has 37 heavy (non-hydrogen) atoms. The van der Waals surface area contributed by atoms with Gasteiger partial charge in [-0.15, -0.1) is 0 Å². The van der Waals surface area contributed by atoms with E-state index in [9.17, 15) is 0 Å². The summed E-state index contributed by atoms with van der Waals surface area (Å²) in [7, 11) is 0. The number of benzene rings is 4. The molecule has 0 unspecified atom stereocenters. The third kappa shape index (κ3) is 4.03. The van der Waals surface area contributed by atoms with Crippen molar-refractivity contribution in [3.8, 4) is 16.9 Å². The molecule has 2 aliphatic heterocycles. The fourth-order valence-electron chi connectivity index (χ4n) is 5.97. The fraction of sp³-hybridized carbons (Fsp3) is 0.265. The lowest BCUT2D eigenvalue weighted by molar-refractivity contribution is 0.516. The van der Waals surface area contributed by atoms with Crippen molar-refractivity contribution >= 4 is 27.9 Å². The molecule has 0 saturated carbocycles. The van der Waals surface area contributed by atoms with Crippen LogP contribution in [0.2, 0.25) is 0 Å². The maximum atomic E-state index is 7.08. The zero-order valence-electron chi connectivity index (χ0n) is 22.0. The van der Waals surface area contributed by atoms with Crippen molar-refractivity contribution in [3.63, 3.8) is 0 Å². The van der Waals surface area contributed by atoms with Crippen LogP contribution in [0, 0.1) is 6.92 Å². The van der Waals surface area contributed by atoms with Crippen LogP contribution in [-0.2, 0) is 6.42 Å². The highest BCUT2D eigenvalue weighted by molar-refractivity contribution is 6.18. The summed E-state index contributed by atoms with van der Waals surface area (Å²) in [5.74, 6) is 2.85. The fourth-order valence-corrected chi connectivity index (χ4v) is 5.97. The van der Waals surface area contributed by atoms with E-state index in [-0.39, 0.29) is 0 Å². The number of rotatable bonds is 5. The molecule has 0 radical (unpaired) electrons. The Hall–Kier alpha value is -3.85. The van der Waals surface area contributed by atoms with Crippen LogP contribution in [0.5, 0.6) is 5.75 Å². The number of aliphatic imine (C=N–C) groups is 1. The van der Waals surface area contributed by atoms with E-state index in [4.69, 9.17) is 9.73 Å². The second-order valence-electron chi connectivity index (χ2n) is 10.0. The van der Waals surface area contributed by atoms with Crippen LogP contribution < -0.4 is 10.1 Å². The topological polar surface area (TPSA) is 33.6 Å². The van der Waals surface area contributed by atoms with E-state index in [1.165, 1.54) is 44.2 Å². The Balaban J connectivity index is 1.78. The minimum Gasteiger partial charge on any atom is -0.455 e. The third-order valence-electron chi connectivity index (χ3n) is 7.61. The van der Waals surface area contributed by atoms with Gasteiger partial charge in [0.05, 0.1) is 5.56 Å². The van der Waals surface area contributed by atoms with E-state index in [2.05, 4.69) is 98.9 Å². The Morgan fingerprint density at radius 1 is 0.838 bits per heavy atom. The summed E-state index contributed by atoms with van der Waals surface area (Å²) in [6, 6.07) is 26.0. The van der Waals surface area contributed by atoms with E-state index < -0.39 is 0 Å². The summed E-state index contributed by atoms with van der Waals surface area (Å²) in [6.07, 6.45) is 4.05. The number of nitrogens with one attached hydrogen (secondary N) is 1. The molecule has 0 aromatic heterocycles. The lowest BCUT2D eigenvalue weighted by atomic mass is 9.82. The van der Waals surface area contributed by atoms with Gasteiger partial charge in [-0.25, -0.2) is 0 Å². The third-order valence-corrected chi connectivity index (χ3v) is 7.61. The van der Waals surface area contributed by atoms with Crippen molar-refractivity contribution in [2.75, 3.05) is 13.1 Å². The van der Waals surface area contributed by atoms with Gasteiger partial charge in [0.1, 0.15) is 17.3 Å². The SMILES string of the molecule is CCC1=C(c2ccccc2)Oc2c(C3=NCCCCN3)c(-c3ccccc3)c(CC)c3cc(C)cc1c23. The first kappa shape index (κ1) is 23.5. The molecule has 0 aliphatic carbocycles. The molecule has 0 spiro atoms. The number of allylic oxidation sites excluding steroid dienone is 1. The van der Waals surface area contributed by atoms with Gasteiger partial charge in [-0.2, -0.15) is 0 Å². The number of amidine groups is 1. The van der Waals surface area contributed by atoms with Crippen molar-refractivity contribution in [2.24, 2.45) is 4.99 Å². The minimum absolute atomic E-state index is 0.831. The summed E-state index contributed by atoms with van der Waals surface area (Å²) in [4.78, 5) is 5.09. The van der Waals surface area contributed by atoms with Gasteiger partial charge in [0.15, 0.2) is 0 Å². The maximum absolute atomic E-state index is 7.08. The van der Waals surface area contributed by atoms with Crippen LogP contribution in [0.3, 0.4) is 0 Å². The molecular formula is C34H34N2O. The van der Waals surface area contributed by atoms with Crippen LogP contribution in [0.4, 0.5) is 0 Å². The molecule has 0 atom stereocenters. The normalized spacial score (nSPS) is 15.2. The molecule has 3 heteroatoms. The van der Waals surface area contributed by atoms with Crippen molar-refractivity contribution < 1.29 is 4.74 Å². The number of nitrogens with zero attached hydrogens (tertiary/aromatic N) is 1. The van der Waals surface area contributed by atoms with E-state index in [0.717, 1.165) is 67.2 Å². The van der Waals surface area contributed by atoms with E-state index in [1.807, 2.05) is 0 Å². The summed E-state index contributed by atoms with van der Waals surface area (Å²) >= 11 is 0. The smallest absolute Gasteiger partial charge is 0.147 e. The van der Waals surface area contributed by atoms with Crippen LogP contribution >= 0.6 is 0 Å². The van der Waals surface area contributed by atoms with Crippen molar-refractivity contribution in [1.82, 2.24) is 5.32 Å². The molecule has 0 bridgehead atoms. The van der Waals surface area contributed by atoms with Crippen LogP contribution in [0.15, 0.2) is 77.8 Å². The van der Waals surface area contributed by atoms with Gasteiger partial charge < -0.3 is 10.1 Å². The molecule has 0 saturated heterocycles. The maximum Gasteiger partial charge on any atom is 0.147 e. The Kier molecular flexibility index (Phi) is 6.30. The second kappa shape index (κ2) is 9.89. The summed E-state index contributed by atoms with van der Waals surface area (Å²) in [6.45, 7) is 8.48. The highest BCUT2D eigenvalue weighted by Gasteiger charge is 2.31. The van der Waals surface area contributed by atoms with Crippen molar-refractivity contribution in [3.05, 3.63) is 101 Å². The first-order chi connectivity index (χ1) is 18.2. The first-order valence-corrected chi connectivity index (χ1v) is 13.6. The van der Waals surface area contributed by atoms with E-state index >= 15 is 0 Å². The van der Waals surface area contributed by atoms with Gasteiger partial charge in [-0.3, -0.25) is 4.99 Å². The quantitative estimate of drug-likeness (QED) is 0.309. The molecule has 3 nitrogen and oxygen atoms in total. The average Bonchev–Trinajstić information content (AvgIpc) is 3.22. The van der Waals surface area contributed by atoms with Crippen molar-refractivity contribution in [1.29, 1.82) is 0 Å². The first-order valence-electron chi connectivity index (χ1n) is 13.6. The largest absolute Gasteiger partial charge is 0.455 e. The molecular weight excluding hydrogens is 452 g/mol. The van der Waals surface area contributed by atoms with Gasteiger partial charge in [0.2, 0.25) is 0 Å². The van der Waals surface area contributed by atoms with Gasteiger partial charge >= 0.3 is 0 Å². The molecule has 6 rings (SSSR count). The standard InChI is InChI=1S/C34H34N2O/c1-4-25-27-20-22(3)21-28-26(5-2)32(24-16-10-7-11-17-24)37-33(30(27)28)31(34-35-18-12-13-19-36-34)29(25)23-14-8-6-9-15-23/h6-11,14-17,20-21H,4-5,12-13,18-19H2,1-3H3,(H,35,36).